The van der Waals surface area contributed by atoms with Gasteiger partial charge >= 0.3 is 18.2 Å². The Bertz CT molecular complexity index is 920. The molecule has 3 rings (SSSR count). The summed E-state index contributed by atoms with van der Waals surface area (Å²) < 4.78 is 10.5. The van der Waals surface area contributed by atoms with E-state index in [1.807, 2.05) is 0 Å². The van der Waals surface area contributed by atoms with Crippen LogP contribution in [0.2, 0.25) is 0 Å². The van der Waals surface area contributed by atoms with Crippen molar-refractivity contribution in [1.82, 2.24) is 15.1 Å². The molecule has 0 spiro atoms. The number of nitrogens with one attached hydrogen (secondary N) is 1. The van der Waals surface area contributed by atoms with Crippen LogP contribution < -0.4 is 10.2 Å². The van der Waals surface area contributed by atoms with E-state index in [0.717, 1.165) is 5.56 Å². The van der Waals surface area contributed by atoms with Crippen LogP contribution in [0.1, 0.15) is 33.3 Å². The molecule has 0 saturated carbocycles. The molecule has 2 fully saturated rings. The van der Waals surface area contributed by atoms with Gasteiger partial charge in [-0.05, 0) is 45.4 Å². The number of carbonyl (C=O) groups is 4. The molecule has 2 saturated heterocycles. The number of carbonyl (C=O) groups excluding carboxylic acids is 3. The Hall–Kier alpha value is -3.34. The van der Waals surface area contributed by atoms with E-state index in [0.29, 0.717) is 31.9 Å². The summed E-state index contributed by atoms with van der Waals surface area (Å²) in [7, 11) is 0. The first-order valence-electron chi connectivity index (χ1n) is 11.2. The molecule has 0 aromatic heterocycles. The lowest BCUT2D eigenvalue weighted by atomic mass is 10.2. The minimum absolute atomic E-state index is 0.0961. The van der Waals surface area contributed by atoms with Gasteiger partial charge in [-0.25, -0.2) is 9.59 Å². The number of piperazine rings is 1. The zero-order valence-corrected chi connectivity index (χ0v) is 19.9. The van der Waals surface area contributed by atoms with Gasteiger partial charge in [-0.15, -0.1) is 0 Å². The summed E-state index contributed by atoms with van der Waals surface area (Å²) in [6.45, 7) is 9.00. The summed E-state index contributed by atoms with van der Waals surface area (Å²) in [4.78, 5) is 53.0. The van der Waals surface area contributed by atoms with Gasteiger partial charge in [-0.1, -0.05) is 12.1 Å². The number of alkyl carbamates (subject to hydrolysis) is 1. The standard InChI is InChI=1S/C23H32N4O7/c1-15(20(29)30)25-9-11-26(12-10-25)19(28)18-14-27(22(32)33-18)17-7-5-16(6-8-17)13-24-21(31)34-23(2,3)4/h5-8,15,18H,9-14H2,1-4H3,(H,24,31)(H,29,30). The molecular formula is C23H32N4O7. The number of cyclic esters (lactones) is 1. The number of carboxylic acid groups (broad SMARTS) is 1. The number of carboxylic acids is 1. The molecule has 2 aliphatic rings. The zero-order valence-electron chi connectivity index (χ0n) is 19.9. The number of hydrogen-bond acceptors (Lipinski definition) is 7. The Labute approximate surface area is 198 Å². The van der Waals surface area contributed by atoms with Gasteiger partial charge in [-0.2, -0.15) is 0 Å². The van der Waals surface area contributed by atoms with Crippen LogP contribution in [-0.2, 0) is 25.6 Å². The summed E-state index contributed by atoms with van der Waals surface area (Å²) in [5.74, 6) is -1.18. The lowest BCUT2D eigenvalue weighted by Crippen LogP contribution is -2.55. The van der Waals surface area contributed by atoms with Crippen LogP contribution in [0.3, 0.4) is 0 Å². The molecule has 2 N–H and O–H groups in total. The molecule has 11 nitrogen and oxygen atoms in total. The van der Waals surface area contributed by atoms with Gasteiger partial charge in [0.15, 0.2) is 6.10 Å². The van der Waals surface area contributed by atoms with Crippen molar-refractivity contribution in [3.05, 3.63) is 29.8 Å². The molecule has 2 unspecified atom stereocenters. The lowest BCUT2D eigenvalue weighted by Gasteiger charge is -2.37. The fourth-order valence-corrected chi connectivity index (χ4v) is 3.77. The van der Waals surface area contributed by atoms with Crippen LogP contribution in [0, 0.1) is 0 Å². The van der Waals surface area contributed by atoms with Crippen LogP contribution >= 0.6 is 0 Å². The number of ether oxygens (including phenoxy) is 2. The van der Waals surface area contributed by atoms with Gasteiger partial charge in [0.25, 0.3) is 5.91 Å². The van der Waals surface area contributed by atoms with Gasteiger partial charge in [-0.3, -0.25) is 19.4 Å². The second-order valence-electron chi connectivity index (χ2n) is 9.38. The fraction of sp³-hybridized carbons (Fsp3) is 0.565. The molecule has 2 heterocycles. The second kappa shape index (κ2) is 10.3. The number of amides is 3. The molecule has 11 heteroatoms. The van der Waals surface area contributed by atoms with Crippen LogP contribution in [0.25, 0.3) is 0 Å². The Morgan fingerprint density at radius 2 is 1.76 bits per heavy atom. The van der Waals surface area contributed by atoms with Crippen LogP contribution in [0.4, 0.5) is 15.3 Å². The Kier molecular flexibility index (Phi) is 7.65. The third kappa shape index (κ3) is 6.37. The van der Waals surface area contributed by atoms with Crippen molar-refractivity contribution >= 4 is 29.8 Å². The third-order valence-corrected chi connectivity index (χ3v) is 5.70. The number of aliphatic carboxylic acids is 1. The second-order valence-corrected chi connectivity index (χ2v) is 9.38. The Balaban J connectivity index is 1.52. The summed E-state index contributed by atoms with van der Waals surface area (Å²) in [6.07, 6.45) is -2.03. The van der Waals surface area contributed by atoms with E-state index < -0.39 is 35.9 Å². The van der Waals surface area contributed by atoms with Crippen molar-refractivity contribution in [2.45, 2.75) is 52.0 Å². The predicted octanol–water partition coefficient (Wildman–Crippen LogP) is 1.65. The van der Waals surface area contributed by atoms with Gasteiger partial charge in [0.2, 0.25) is 0 Å². The number of rotatable bonds is 6. The van der Waals surface area contributed by atoms with Crippen LogP contribution in [-0.4, -0.2) is 89.4 Å². The molecular weight excluding hydrogens is 444 g/mol. The van der Waals surface area contributed by atoms with E-state index >= 15 is 0 Å². The van der Waals surface area contributed by atoms with E-state index in [1.165, 1.54) is 4.90 Å². The maximum Gasteiger partial charge on any atom is 0.415 e. The normalized spacial score (nSPS) is 20.0. The van der Waals surface area contributed by atoms with Crippen molar-refractivity contribution < 1.29 is 33.8 Å². The minimum atomic E-state index is -0.913. The molecule has 2 atom stereocenters. The number of anilines is 1. The van der Waals surface area contributed by atoms with Crippen LogP contribution in [0.5, 0.6) is 0 Å². The molecule has 2 aliphatic heterocycles. The van der Waals surface area contributed by atoms with E-state index in [1.54, 1.807) is 61.8 Å². The lowest BCUT2D eigenvalue weighted by molar-refractivity contribution is -0.145. The van der Waals surface area contributed by atoms with Crippen molar-refractivity contribution in [2.75, 3.05) is 37.6 Å². The summed E-state index contributed by atoms with van der Waals surface area (Å²) in [6, 6.07) is 6.40. The van der Waals surface area contributed by atoms with Crippen molar-refractivity contribution in [2.24, 2.45) is 0 Å². The highest BCUT2D eigenvalue weighted by atomic mass is 16.6. The average Bonchev–Trinajstić information content (AvgIpc) is 3.17. The monoisotopic (exact) mass is 476 g/mol. The minimum Gasteiger partial charge on any atom is -0.480 e. The number of hydrogen-bond donors (Lipinski definition) is 2. The Morgan fingerprint density at radius 3 is 2.32 bits per heavy atom. The molecule has 1 aromatic carbocycles. The van der Waals surface area contributed by atoms with E-state index in [2.05, 4.69) is 5.32 Å². The maximum atomic E-state index is 12.9. The molecule has 186 valence electrons. The number of nitrogens with zero attached hydrogens (tertiary/aromatic N) is 3. The summed E-state index contributed by atoms with van der Waals surface area (Å²) >= 11 is 0. The van der Waals surface area contributed by atoms with Gasteiger partial charge in [0.1, 0.15) is 11.6 Å². The topological polar surface area (TPSA) is 129 Å². The summed E-state index contributed by atoms with van der Waals surface area (Å²) in [5.41, 5.74) is 0.826. The van der Waals surface area contributed by atoms with Crippen LogP contribution in [0.15, 0.2) is 24.3 Å². The highest BCUT2D eigenvalue weighted by Gasteiger charge is 2.40. The highest BCUT2D eigenvalue weighted by molar-refractivity contribution is 5.95. The molecule has 0 radical (unpaired) electrons. The summed E-state index contributed by atoms with van der Waals surface area (Å²) in [5, 5.41) is 11.8. The molecule has 0 bridgehead atoms. The SMILES string of the molecule is CC(C(=O)O)N1CCN(C(=O)C2CN(c3ccc(CNC(=O)OC(C)(C)C)cc3)C(=O)O2)CC1. The van der Waals surface area contributed by atoms with E-state index in [4.69, 9.17) is 14.6 Å². The van der Waals surface area contributed by atoms with Gasteiger partial charge < -0.3 is 24.8 Å². The quantitative estimate of drug-likeness (QED) is 0.634. The van der Waals surface area contributed by atoms with E-state index in [9.17, 15) is 19.2 Å². The average molecular weight is 477 g/mol. The first-order valence-corrected chi connectivity index (χ1v) is 11.2. The zero-order chi connectivity index (χ0) is 25.0. The maximum absolute atomic E-state index is 12.9. The molecule has 0 aliphatic carbocycles. The number of benzene rings is 1. The highest BCUT2D eigenvalue weighted by Crippen LogP contribution is 2.23. The molecule has 1 aromatic rings. The van der Waals surface area contributed by atoms with Crippen molar-refractivity contribution in [3.63, 3.8) is 0 Å². The molecule has 3 amide bonds. The van der Waals surface area contributed by atoms with Gasteiger partial charge in [0, 0.05) is 38.4 Å². The first-order chi connectivity index (χ1) is 15.9. The Morgan fingerprint density at radius 1 is 1.15 bits per heavy atom. The van der Waals surface area contributed by atoms with Crippen molar-refractivity contribution in [3.8, 4) is 0 Å². The first kappa shape index (κ1) is 25.3. The largest absolute Gasteiger partial charge is 0.480 e. The van der Waals surface area contributed by atoms with Crippen molar-refractivity contribution in [1.29, 1.82) is 0 Å². The van der Waals surface area contributed by atoms with E-state index in [-0.39, 0.29) is 19.0 Å². The predicted molar refractivity (Wildman–Crippen MR) is 122 cm³/mol. The fourth-order valence-electron chi connectivity index (χ4n) is 3.77. The smallest absolute Gasteiger partial charge is 0.415 e. The third-order valence-electron chi connectivity index (χ3n) is 5.70. The van der Waals surface area contributed by atoms with Gasteiger partial charge in [0.05, 0.1) is 6.54 Å². The molecule has 34 heavy (non-hydrogen) atoms.